The molecule has 1 aliphatic rings. The lowest BCUT2D eigenvalue weighted by Gasteiger charge is -2.35. The number of halogens is 1. The van der Waals surface area contributed by atoms with Gasteiger partial charge >= 0.3 is 0 Å². The number of nitrogens with zero attached hydrogens (tertiary/aromatic N) is 1. The number of rotatable bonds is 6. The topological polar surface area (TPSA) is 58.4 Å². The highest BCUT2D eigenvalue weighted by atomic mass is 35.5. The maximum Gasteiger partial charge on any atom is 0.236 e. The van der Waals surface area contributed by atoms with Crippen LogP contribution in [0, 0.1) is 0 Å². The van der Waals surface area contributed by atoms with E-state index in [1.54, 1.807) is 0 Å². The molecule has 3 N–H and O–H groups in total. The van der Waals surface area contributed by atoms with Gasteiger partial charge in [-0.1, -0.05) is 26.7 Å². The van der Waals surface area contributed by atoms with E-state index in [0.29, 0.717) is 6.04 Å². The monoisotopic (exact) mass is 277 g/mol. The van der Waals surface area contributed by atoms with Gasteiger partial charge in [0.15, 0.2) is 0 Å². The van der Waals surface area contributed by atoms with Crippen molar-refractivity contribution in [1.29, 1.82) is 0 Å². The molecule has 1 rings (SSSR count). The molecule has 1 heterocycles. The first-order chi connectivity index (χ1) is 8.19. The van der Waals surface area contributed by atoms with E-state index < -0.39 is 0 Å². The van der Waals surface area contributed by atoms with Gasteiger partial charge in [-0.25, -0.2) is 0 Å². The maximum absolute atomic E-state index is 11.7. The number of carbonyl (C=O) groups is 1. The van der Waals surface area contributed by atoms with E-state index in [1.807, 2.05) is 6.92 Å². The molecule has 5 heteroatoms. The third kappa shape index (κ3) is 5.55. The van der Waals surface area contributed by atoms with Crippen LogP contribution in [0.25, 0.3) is 0 Å². The Hall–Kier alpha value is -0.320. The van der Waals surface area contributed by atoms with Gasteiger partial charge in [0.25, 0.3) is 0 Å². The molecule has 0 aromatic heterocycles. The third-order valence-corrected chi connectivity index (χ3v) is 3.60. The zero-order chi connectivity index (χ0) is 12.7. The van der Waals surface area contributed by atoms with E-state index >= 15 is 0 Å². The molecule has 0 aromatic carbocycles. The molecule has 0 saturated carbocycles. The Kier molecular flexibility index (Phi) is 9.42. The van der Waals surface area contributed by atoms with Crippen molar-refractivity contribution in [2.24, 2.45) is 5.73 Å². The third-order valence-electron chi connectivity index (χ3n) is 3.60. The number of likely N-dealkylation sites (tertiary alicyclic amines) is 1. The van der Waals surface area contributed by atoms with Crippen molar-refractivity contribution >= 4 is 18.3 Å². The van der Waals surface area contributed by atoms with Crippen LogP contribution in [0.5, 0.6) is 0 Å². The number of hydrogen-bond acceptors (Lipinski definition) is 3. The van der Waals surface area contributed by atoms with Crippen LogP contribution in [0.1, 0.15) is 46.0 Å². The maximum atomic E-state index is 11.7. The second kappa shape index (κ2) is 9.59. The first kappa shape index (κ1) is 17.7. The Morgan fingerprint density at radius 3 is 2.78 bits per heavy atom. The molecule has 2 atom stereocenters. The first-order valence-electron chi connectivity index (χ1n) is 6.96. The van der Waals surface area contributed by atoms with Gasteiger partial charge in [-0.05, 0) is 32.4 Å². The Morgan fingerprint density at radius 1 is 1.44 bits per heavy atom. The summed E-state index contributed by atoms with van der Waals surface area (Å²) in [6, 6.07) is 0.171. The van der Waals surface area contributed by atoms with E-state index in [4.69, 9.17) is 5.73 Å². The van der Waals surface area contributed by atoms with Crippen LogP contribution in [0.15, 0.2) is 0 Å². The number of nitrogens with one attached hydrogen (secondary N) is 1. The largest absolute Gasteiger partial charge is 0.353 e. The van der Waals surface area contributed by atoms with Crippen LogP contribution in [0.2, 0.25) is 0 Å². The van der Waals surface area contributed by atoms with Crippen LogP contribution < -0.4 is 11.1 Å². The molecule has 0 aromatic rings. The summed E-state index contributed by atoms with van der Waals surface area (Å²) in [6.07, 6.45) is 5.48. The Bertz CT molecular complexity index is 238. The Balaban J connectivity index is 0.00000289. The van der Waals surface area contributed by atoms with Crippen LogP contribution in [-0.2, 0) is 4.79 Å². The predicted molar refractivity (Wildman–Crippen MR) is 78.0 cm³/mol. The number of likely N-dealkylation sites (N-methyl/N-ethyl adjacent to an activating group) is 1. The molecule has 108 valence electrons. The van der Waals surface area contributed by atoms with Crippen LogP contribution in [0.3, 0.4) is 0 Å². The van der Waals surface area contributed by atoms with E-state index in [-0.39, 0.29) is 24.4 Å². The average Bonchev–Trinajstić information content (AvgIpc) is 2.36. The lowest BCUT2D eigenvalue weighted by molar-refractivity contribution is -0.122. The van der Waals surface area contributed by atoms with E-state index in [2.05, 4.69) is 17.1 Å². The number of nitrogens with two attached hydrogens (primary N) is 1. The second-order valence-electron chi connectivity index (χ2n) is 4.92. The minimum Gasteiger partial charge on any atom is -0.353 e. The predicted octanol–water partition coefficient (Wildman–Crippen LogP) is 1.53. The molecule has 0 aliphatic carbocycles. The summed E-state index contributed by atoms with van der Waals surface area (Å²) < 4.78 is 0. The van der Waals surface area contributed by atoms with Gasteiger partial charge in [-0.15, -0.1) is 12.4 Å². The van der Waals surface area contributed by atoms with Crippen molar-refractivity contribution in [2.75, 3.05) is 19.6 Å². The highest BCUT2D eigenvalue weighted by molar-refractivity contribution is 5.85. The summed E-state index contributed by atoms with van der Waals surface area (Å²) in [5.41, 5.74) is 5.78. The Labute approximate surface area is 117 Å². The fourth-order valence-electron chi connectivity index (χ4n) is 2.50. The van der Waals surface area contributed by atoms with E-state index in [0.717, 1.165) is 32.5 Å². The Morgan fingerprint density at radius 2 is 2.17 bits per heavy atom. The molecule has 1 saturated heterocycles. The minimum absolute atomic E-state index is 0. The van der Waals surface area contributed by atoms with E-state index in [9.17, 15) is 4.79 Å². The fourth-order valence-corrected chi connectivity index (χ4v) is 2.50. The fraction of sp³-hybridized carbons (Fsp3) is 0.923. The molecule has 1 fully saturated rings. The lowest BCUT2D eigenvalue weighted by Crippen LogP contribution is -2.49. The van der Waals surface area contributed by atoms with Gasteiger partial charge < -0.3 is 11.1 Å². The quantitative estimate of drug-likeness (QED) is 0.774. The highest BCUT2D eigenvalue weighted by Gasteiger charge is 2.22. The highest BCUT2D eigenvalue weighted by Crippen LogP contribution is 2.15. The zero-order valence-corrected chi connectivity index (χ0v) is 12.5. The van der Waals surface area contributed by atoms with Crippen LogP contribution >= 0.6 is 12.4 Å². The average molecular weight is 278 g/mol. The number of carbonyl (C=O) groups excluding carboxylic acids is 1. The van der Waals surface area contributed by atoms with Crippen molar-refractivity contribution < 1.29 is 4.79 Å². The van der Waals surface area contributed by atoms with Crippen molar-refractivity contribution in [3.63, 3.8) is 0 Å². The van der Waals surface area contributed by atoms with Crippen molar-refractivity contribution in [2.45, 2.75) is 58.0 Å². The molecule has 18 heavy (non-hydrogen) atoms. The molecular weight excluding hydrogens is 250 g/mol. The van der Waals surface area contributed by atoms with Crippen molar-refractivity contribution in [3.8, 4) is 0 Å². The van der Waals surface area contributed by atoms with Gasteiger partial charge in [0.2, 0.25) is 5.91 Å². The van der Waals surface area contributed by atoms with Gasteiger partial charge in [-0.3, -0.25) is 9.69 Å². The molecule has 0 radical (unpaired) electrons. The smallest absolute Gasteiger partial charge is 0.236 e. The summed E-state index contributed by atoms with van der Waals surface area (Å²) in [7, 11) is 0. The zero-order valence-electron chi connectivity index (χ0n) is 11.7. The number of piperidine rings is 1. The lowest BCUT2D eigenvalue weighted by atomic mass is 10.0. The van der Waals surface area contributed by atoms with Crippen LogP contribution in [0.4, 0.5) is 0 Å². The number of amides is 1. The van der Waals surface area contributed by atoms with Gasteiger partial charge in [-0.2, -0.15) is 0 Å². The first-order valence-corrected chi connectivity index (χ1v) is 6.96. The molecule has 1 amide bonds. The summed E-state index contributed by atoms with van der Waals surface area (Å²) in [5, 5.41) is 3.00. The van der Waals surface area contributed by atoms with Gasteiger partial charge in [0.05, 0.1) is 6.04 Å². The van der Waals surface area contributed by atoms with Crippen molar-refractivity contribution in [3.05, 3.63) is 0 Å². The summed E-state index contributed by atoms with van der Waals surface area (Å²) in [4.78, 5) is 14.2. The molecule has 2 unspecified atom stereocenters. The van der Waals surface area contributed by atoms with E-state index in [1.165, 1.54) is 19.3 Å². The number of hydrogen-bond donors (Lipinski definition) is 2. The SMILES string of the molecule is CCCC(N)C(=O)NCC1CCCCN1CC.Cl. The van der Waals surface area contributed by atoms with Crippen molar-refractivity contribution in [1.82, 2.24) is 10.2 Å². The molecular formula is C13H28ClN3O. The van der Waals surface area contributed by atoms with Crippen LogP contribution in [-0.4, -0.2) is 42.5 Å². The summed E-state index contributed by atoms with van der Waals surface area (Å²) >= 11 is 0. The molecule has 1 aliphatic heterocycles. The summed E-state index contributed by atoms with van der Waals surface area (Å²) in [5.74, 6) is 0.00785. The normalized spacial score (nSPS) is 22.1. The molecule has 4 nitrogen and oxygen atoms in total. The summed E-state index contributed by atoms with van der Waals surface area (Å²) in [6.45, 7) is 7.22. The minimum atomic E-state index is -0.335. The van der Waals surface area contributed by atoms with Gasteiger partial charge in [0.1, 0.15) is 0 Å². The second-order valence-corrected chi connectivity index (χ2v) is 4.92. The van der Waals surface area contributed by atoms with Gasteiger partial charge in [0, 0.05) is 12.6 Å². The molecule has 0 bridgehead atoms. The molecule has 0 spiro atoms. The standard InChI is InChI=1S/C13H27N3O.ClH/c1-3-7-12(14)13(17)15-10-11-8-5-6-9-16(11)4-2;/h11-12H,3-10,14H2,1-2H3,(H,15,17);1H.